The van der Waals surface area contributed by atoms with Gasteiger partial charge in [0.25, 0.3) is 0 Å². The van der Waals surface area contributed by atoms with Crippen molar-refractivity contribution in [2.45, 2.75) is 13.8 Å². The largest absolute Gasteiger partial charge is 0.352 e. The van der Waals surface area contributed by atoms with E-state index >= 15 is 0 Å². The molecule has 1 amide bonds. The van der Waals surface area contributed by atoms with Gasteiger partial charge < -0.3 is 10.6 Å². The van der Waals surface area contributed by atoms with E-state index in [4.69, 9.17) is 0 Å². The summed E-state index contributed by atoms with van der Waals surface area (Å²) in [6.07, 6.45) is 3.87. The van der Waals surface area contributed by atoms with Crippen molar-refractivity contribution in [3.63, 3.8) is 0 Å². The van der Waals surface area contributed by atoms with Crippen LogP contribution in [0.5, 0.6) is 0 Å². The van der Waals surface area contributed by atoms with Crippen LogP contribution in [-0.2, 0) is 4.79 Å². The van der Waals surface area contributed by atoms with Crippen LogP contribution in [-0.4, -0.2) is 25.5 Å². The molecule has 0 radical (unpaired) electrons. The fraction of sp³-hybridized carbons (Fsp3) is 0.667. The summed E-state index contributed by atoms with van der Waals surface area (Å²) in [4.78, 5) is 11.4. The molecule has 0 aromatic rings. The van der Waals surface area contributed by atoms with Gasteiger partial charge in [0, 0.05) is 19.6 Å². The highest BCUT2D eigenvalue weighted by Gasteiger charge is 2.38. The number of carbonyl (C=O) groups excluding carboxylic acids is 1. The first-order valence-electron chi connectivity index (χ1n) is 4.29. The number of amides is 1. The second-order valence-electron chi connectivity index (χ2n) is 3.44. The summed E-state index contributed by atoms with van der Waals surface area (Å²) in [5, 5.41) is 5.95. The van der Waals surface area contributed by atoms with Crippen molar-refractivity contribution < 1.29 is 4.79 Å². The lowest BCUT2D eigenvalue weighted by molar-refractivity contribution is -0.132. The third-order valence-electron chi connectivity index (χ3n) is 2.19. The zero-order chi connectivity index (χ0) is 9.03. The molecule has 3 heteroatoms. The average Bonchev–Trinajstić information content (AvgIpc) is 2.00. The Morgan fingerprint density at radius 2 is 2.33 bits per heavy atom. The molecule has 1 fully saturated rings. The molecule has 2 N–H and O–H groups in total. The molecule has 0 unspecified atom stereocenters. The predicted octanol–water partition coefficient (Wildman–Crippen LogP) is 0.288. The molecular weight excluding hydrogens is 152 g/mol. The monoisotopic (exact) mass is 168 g/mol. The van der Waals surface area contributed by atoms with Crippen LogP contribution >= 0.6 is 0 Å². The molecule has 12 heavy (non-hydrogen) atoms. The molecule has 1 saturated heterocycles. The maximum absolute atomic E-state index is 11.4. The van der Waals surface area contributed by atoms with Gasteiger partial charge in [-0.1, -0.05) is 12.2 Å². The number of nitrogens with one attached hydrogen (secondary N) is 2. The van der Waals surface area contributed by atoms with Gasteiger partial charge in [-0.2, -0.15) is 0 Å². The fourth-order valence-electron chi connectivity index (χ4n) is 1.14. The van der Waals surface area contributed by atoms with Gasteiger partial charge in [0.05, 0.1) is 5.41 Å². The number of allylic oxidation sites excluding steroid dienone is 1. The van der Waals surface area contributed by atoms with E-state index in [1.165, 1.54) is 0 Å². The summed E-state index contributed by atoms with van der Waals surface area (Å²) < 4.78 is 0. The third kappa shape index (κ3) is 1.85. The molecule has 0 spiro atoms. The van der Waals surface area contributed by atoms with Gasteiger partial charge in [-0.15, -0.1) is 0 Å². The second kappa shape index (κ2) is 3.72. The van der Waals surface area contributed by atoms with Crippen molar-refractivity contribution in [2.75, 3.05) is 19.6 Å². The Hall–Kier alpha value is -0.830. The number of hydrogen-bond acceptors (Lipinski definition) is 2. The molecule has 0 aliphatic carbocycles. The van der Waals surface area contributed by atoms with Gasteiger partial charge >= 0.3 is 0 Å². The maximum Gasteiger partial charge on any atom is 0.228 e. The number of carbonyl (C=O) groups is 1. The van der Waals surface area contributed by atoms with Crippen molar-refractivity contribution in [1.29, 1.82) is 0 Å². The molecule has 3 nitrogen and oxygen atoms in total. The summed E-state index contributed by atoms with van der Waals surface area (Å²) in [5.41, 5.74) is -0.165. The molecule has 0 aromatic carbocycles. The second-order valence-corrected chi connectivity index (χ2v) is 3.44. The van der Waals surface area contributed by atoms with E-state index in [-0.39, 0.29) is 11.3 Å². The summed E-state index contributed by atoms with van der Waals surface area (Å²) >= 11 is 0. The normalized spacial score (nSPS) is 20.5. The molecule has 0 atom stereocenters. The van der Waals surface area contributed by atoms with E-state index in [2.05, 4.69) is 10.6 Å². The minimum atomic E-state index is -0.165. The zero-order valence-electron chi connectivity index (χ0n) is 7.68. The summed E-state index contributed by atoms with van der Waals surface area (Å²) in [7, 11) is 0. The Morgan fingerprint density at radius 1 is 1.67 bits per heavy atom. The van der Waals surface area contributed by atoms with Crippen molar-refractivity contribution >= 4 is 5.91 Å². The zero-order valence-corrected chi connectivity index (χ0v) is 7.68. The summed E-state index contributed by atoms with van der Waals surface area (Å²) in [6, 6.07) is 0. The van der Waals surface area contributed by atoms with E-state index in [9.17, 15) is 4.79 Å². The molecule has 0 aromatic heterocycles. The molecule has 1 aliphatic heterocycles. The first-order chi connectivity index (χ1) is 5.69. The van der Waals surface area contributed by atoms with Gasteiger partial charge in [-0.05, 0) is 13.8 Å². The lowest BCUT2D eigenvalue weighted by Gasteiger charge is -2.37. The molecule has 0 saturated carbocycles. The minimum absolute atomic E-state index is 0.152. The Kier molecular flexibility index (Phi) is 2.87. The smallest absolute Gasteiger partial charge is 0.228 e. The van der Waals surface area contributed by atoms with Crippen LogP contribution in [0.3, 0.4) is 0 Å². The number of hydrogen-bond donors (Lipinski definition) is 2. The van der Waals surface area contributed by atoms with Crippen LogP contribution in [0, 0.1) is 5.41 Å². The predicted molar refractivity (Wildman–Crippen MR) is 48.8 cm³/mol. The van der Waals surface area contributed by atoms with Crippen LogP contribution in [0.15, 0.2) is 12.2 Å². The first-order valence-corrected chi connectivity index (χ1v) is 4.29. The van der Waals surface area contributed by atoms with E-state index < -0.39 is 0 Å². The van der Waals surface area contributed by atoms with Crippen molar-refractivity contribution in [3.05, 3.63) is 12.2 Å². The molecule has 1 heterocycles. The lowest BCUT2D eigenvalue weighted by atomic mass is 9.83. The standard InChI is InChI=1S/C9H16N2O/c1-3-4-5-11-8(12)9(2)6-10-7-9/h3-4,10H,5-7H2,1-2H3,(H,11,12)/b4-3+. The van der Waals surface area contributed by atoms with Gasteiger partial charge in [-0.3, -0.25) is 4.79 Å². The van der Waals surface area contributed by atoms with Crippen LogP contribution in [0.2, 0.25) is 0 Å². The Bertz CT molecular complexity index is 195. The van der Waals surface area contributed by atoms with Crippen LogP contribution < -0.4 is 10.6 Å². The van der Waals surface area contributed by atoms with E-state index in [0.717, 1.165) is 13.1 Å². The van der Waals surface area contributed by atoms with Crippen molar-refractivity contribution in [1.82, 2.24) is 10.6 Å². The van der Waals surface area contributed by atoms with Gasteiger partial charge in [0.1, 0.15) is 0 Å². The average molecular weight is 168 g/mol. The topological polar surface area (TPSA) is 41.1 Å². The highest BCUT2D eigenvalue weighted by Crippen LogP contribution is 2.20. The molecule has 0 bridgehead atoms. The minimum Gasteiger partial charge on any atom is -0.352 e. The highest BCUT2D eigenvalue weighted by atomic mass is 16.2. The Balaban J connectivity index is 2.28. The summed E-state index contributed by atoms with van der Waals surface area (Å²) in [5.74, 6) is 0.152. The van der Waals surface area contributed by atoms with Crippen LogP contribution in [0.4, 0.5) is 0 Å². The van der Waals surface area contributed by atoms with E-state index in [1.54, 1.807) is 0 Å². The first kappa shape index (κ1) is 9.26. The van der Waals surface area contributed by atoms with Crippen LogP contribution in [0.25, 0.3) is 0 Å². The highest BCUT2D eigenvalue weighted by molar-refractivity contribution is 5.83. The van der Waals surface area contributed by atoms with Crippen LogP contribution in [0.1, 0.15) is 13.8 Å². The quantitative estimate of drug-likeness (QED) is 0.595. The molecule has 1 rings (SSSR count). The van der Waals surface area contributed by atoms with Crippen molar-refractivity contribution in [2.24, 2.45) is 5.41 Å². The summed E-state index contributed by atoms with van der Waals surface area (Å²) in [6.45, 7) is 6.17. The fourth-order valence-corrected chi connectivity index (χ4v) is 1.14. The SMILES string of the molecule is C/C=C/CNC(=O)C1(C)CNC1. The molecule has 68 valence electrons. The Labute approximate surface area is 73.2 Å². The maximum atomic E-state index is 11.4. The van der Waals surface area contributed by atoms with E-state index in [0.29, 0.717) is 6.54 Å². The molecular formula is C9H16N2O. The van der Waals surface area contributed by atoms with E-state index in [1.807, 2.05) is 26.0 Å². The lowest BCUT2D eigenvalue weighted by Crippen LogP contribution is -2.59. The van der Waals surface area contributed by atoms with Gasteiger partial charge in [-0.25, -0.2) is 0 Å². The molecule has 1 aliphatic rings. The Morgan fingerprint density at radius 3 is 2.75 bits per heavy atom. The van der Waals surface area contributed by atoms with Gasteiger partial charge in [0.15, 0.2) is 0 Å². The van der Waals surface area contributed by atoms with Gasteiger partial charge in [0.2, 0.25) is 5.91 Å². The third-order valence-corrected chi connectivity index (χ3v) is 2.19. The number of rotatable bonds is 3. The van der Waals surface area contributed by atoms with Crippen molar-refractivity contribution in [3.8, 4) is 0 Å².